The molecule has 0 atom stereocenters. The Morgan fingerprint density at radius 2 is 1.68 bits per heavy atom. The molecule has 0 fully saturated rings. The lowest BCUT2D eigenvalue weighted by molar-refractivity contribution is 0.170. The molecule has 3 nitrogen and oxygen atoms in total. The highest BCUT2D eigenvalue weighted by atomic mass is 79.9. The van der Waals surface area contributed by atoms with Gasteiger partial charge >= 0.3 is 0 Å². The van der Waals surface area contributed by atoms with E-state index >= 15 is 0 Å². The number of hydrogen-bond acceptors (Lipinski definition) is 3. The lowest BCUT2D eigenvalue weighted by Crippen LogP contribution is -2.15. The van der Waals surface area contributed by atoms with E-state index in [2.05, 4.69) is 15.9 Å². The lowest BCUT2D eigenvalue weighted by atomic mass is 10.2. The van der Waals surface area contributed by atoms with Crippen LogP contribution in [0.1, 0.15) is 5.56 Å². The van der Waals surface area contributed by atoms with Gasteiger partial charge in [-0.15, -0.1) is 0 Å². The number of hydrogen-bond donors (Lipinski definition) is 0. The third-order valence-corrected chi connectivity index (χ3v) is 3.36. The van der Waals surface area contributed by atoms with Crippen molar-refractivity contribution >= 4 is 15.9 Å². The Bertz CT molecular complexity index is 566. The summed E-state index contributed by atoms with van der Waals surface area (Å²) in [6, 6.07) is 13.7. The molecule has 0 saturated heterocycles. The van der Waals surface area contributed by atoms with Gasteiger partial charge in [-0.2, -0.15) is 0 Å². The monoisotopic (exact) mass is 320 g/mol. The van der Waals surface area contributed by atoms with Crippen LogP contribution in [0.25, 0.3) is 0 Å². The zero-order chi connectivity index (χ0) is 13.1. The van der Waals surface area contributed by atoms with Gasteiger partial charge in [0.25, 0.3) is 0 Å². The van der Waals surface area contributed by atoms with Crippen LogP contribution in [0, 0.1) is 0 Å². The first kappa shape index (κ1) is 12.4. The first-order valence-electron chi connectivity index (χ1n) is 6.08. The van der Waals surface area contributed by atoms with Crippen LogP contribution in [0.3, 0.4) is 0 Å². The van der Waals surface area contributed by atoms with Crippen molar-refractivity contribution in [2.75, 3.05) is 13.2 Å². The van der Waals surface area contributed by atoms with E-state index < -0.39 is 0 Å². The molecule has 1 heterocycles. The zero-order valence-corrected chi connectivity index (χ0v) is 11.9. The fraction of sp³-hybridized carbons (Fsp3) is 0.200. The zero-order valence-electron chi connectivity index (χ0n) is 10.3. The van der Waals surface area contributed by atoms with Gasteiger partial charge in [-0.25, -0.2) is 0 Å². The van der Waals surface area contributed by atoms with Gasteiger partial charge in [0, 0.05) is 10.5 Å². The van der Waals surface area contributed by atoms with Crippen LogP contribution in [0.2, 0.25) is 0 Å². The van der Waals surface area contributed by atoms with E-state index in [1.54, 1.807) is 0 Å². The molecule has 1 aliphatic heterocycles. The summed E-state index contributed by atoms with van der Waals surface area (Å²) in [5.74, 6) is 2.31. The van der Waals surface area contributed by atoms with Crippen molar-refractivity contribution in [2.45, 2.75) is 6.61 Å². The average Bonchev–Trinajstić information content (AvgIpc) is 2.46. The van der Waals surface area contributed by atoms with Crippen molar-refractivity contribution < 1.29 is 14.2 Å². The molecule has 0 bridgehead atoms. The minimum atomic E-state index is 0.535. The van der Waals surface area contributed by atoms with Crippen molar-refractivity contribution in [1.82, 2.24) is 0 Å². The Labute approximate surface area is 120 Å². The van der Waals surface area contributed by atoms with E-state index in [0.717, 1.165) is 27.3 Å². The van der Waals surface area contributed by atoms with Crippen molar-refractivity contribution in [3.63, 3.8) is 0 Å². The molecule has 2 aromatic rings. The number of ether oxygens (including phenoxy) is 3. The molecule has 3 rings (SSSR count). The summed E-state index contributed by atoms with van der Waals surface area (Å²) < 4.78 is 17.8. The molecule has 98 valence electrons. The summed E-state index contributed by atoms with van der Waals surface area (Å²) in [7, 11) is 0. The summed E-state index contributed by atoms with van der Waals surface area (Å²) in [6.45, 7) is 1.72. The van der Waals surface area contributed by atoms with Crippen LogP contribution >= 0.6 is 15.9 Å². The third kappa shape index (κ3) is 3.01. The Morgan fingerprint density at radius 1 is 0.947 bits per heavy atom. The van der Waals surface area contributed by atoms with Gasteiger partial charge in [0.1, 0.15) is 25.6 Å². The molecule has 0 spiro atoms. The maximum absolute atomic E-state index is 5.75. The molecule has 0 aromatic heterocycles. The third-order valence-electron chi connectivity index (χ3n) is 2.83. The highest BCUT2D eigenvalue weighted by molar-refractivity contribution is 9.10. The fourth-order valence-corrected chi connectivity index (χ4v) is 2.13. The minimum Gasteiger partial charge on any atom is -0.489 e. The minimum absolute atomic E-state index is 0.535. The van der Waals surface area contributed by atoms with Crippen LogP contribution in [0.5, 0.6) is 17.2 Å². The van der Waals surface area contributed by atoms with E-state index in [9.17, 15) is 0 Å². The normalized spacial score (nSPS) is 13.1. The maximum Gasteiger partial charge on any atom is 0.165 e. The van der Waals surface area contributed by atoms with Gasteiger partial charge < -0.3 is 14.2 Å². The van der Waals surface area contributed by atoms with Gasteiger partial charge in [0.15, 0.2) is 11.5 Å². The Balaban J connectivity index is 1.68. The Hall–Kier alpha value is -1.68. The van der Waals surface area contributed by atoms with Gasteiger partial charge in [-0.1, -0.05) is 28.1 Å². The van der Waals surface area contributed by atoms with Crippen LogP contribution in [0.4, 0.5) is 0 Å². The molecule has 0 radical (unpaired) electrons. The summed E-state index contributed by atoms with van der Waals surface area (Å²) in [6.07, 6.45) is 0. The number of fused-ring (bicyclic) bond motifs is 1. The van der Waals surface area contributed by atoms with E-state index in [0.29, 0.717) is 19.8 Å². The second kappa shape index (κ2) is 5.53. The SMILES string of the molecule is Brc1ccc(COc2ccc3c(c2)OCCO3)cc1. The predicted molar refractivity (Wildman–Crippen MR) is 75.9 cm³/mol. The quantitative estimate of drug-likeness (QED) is 0.861. The van der Waals surface area contributed by atoms with Crippen molar-refractivity contribution in [3.8, 4) is 17.2 Å². The largest absolute Gasteiger partial charge is 0.489 e. The first-order valence-corrected chi connectivity index (χ1v) is 6.87. The standard InChI is InChI=1S/C15H13BrO3/c16-12-3-1-11(2-4-12)10-19-13-5-6-14-15(9-13)18-8-7-17-14/h1-6,9H,7-8,10H2. The maximum atomic E-state index is 5.75. The highest BCUT2D eigenvalue weighted by Gasteiger charge is 2.12. The van der Waals surface area contributed by atoms with E-state index in [4.69, 9.17) is 14.2 Å². The molecule has 0 unspecified atom stereocenters. The van der Waals surface area contributed by atoms with Gasteiger partial charge in [0.2, 0.25) is 0 Å². The number of benzene rings is 2. The molecule has 0 N–H and O–H groups in total. The Morgan fingerprint density at radius 3 is 2.47 bits per heavy atom. The fourth-order valence-electron chi connectivity index (χ4n) is 1.86. The number of halogens is 1. The Kier molecular flexibility index (Phi) is 3.60. The van der Waals surface area contributed by atoms with Crippen molar-refractivity contribution in [3.05, 3.63) is 52.5 Å². The smallest absolute Gasteiger partial charge is 0.165 e. The lowest BCUT2D eigenvalue weighted by Gasteiger charge is -2.18. The van der Waals surface area contributed by atoms with Crippen LogP contribution in [0.15, 0.2) is 46.9 Å². The van der Waals surface area contributed by atoms with Crippen LogP contribution < -0.4 is 14.2 Å². The molecule has 0 aliphatic carbocycles. The average molecular weight is 321 g/mol. The molecule has 19 heavy (non-hydrogen) atoms. The highest BCUT2D eigenvalue weighted by Crippen LogP contribution is 2.33. The summed E-state index contributed by atoms with van der Waals surface area (Å²) >= 11 is 3.41. The molecule has 4 heteroatoms. The number of rotatable bonds is 3. The van der Waals surface area contributed by atoms with Crippen molar-refractivity contribution in [2.24, 2.45) is 0 Å². The van der Waals surface area contributed by atoms with E-state index in [1.165, 1.54) is 0 Å². The molecule has 1 aliphatic rings. The van der Waals surface area contributed by atoms with Crippen LogP contribution in [-0.2, 0) is 6.61 Å². The molecule has 2 aromatic carbocycles. The summed E-state index contributed by atoms with van der Waals surface area (Å²) in [5.41, 5.74) is 1.12. The first-order chi connectivity index (χ1) is 9.31. The predicted octanol–water partition coefficient (Wildman–Crippen LogP) is 3.80. The molecule has 0 amide bonds. The second-order valence-corrected chi connectivity index (χ2v) is 5.14. The van der Waals surface area contributed by atoms with E-state index in [-0.39, 0.29) is 0 Å². The topological polar surface area (TPSA) is 27.7 Å². The van der Waals surface area contributed by atoms with Crippen molar-refractivity contribution in [1.29, 1.82) is 0 Å². The summed E-state index contributed by atoms with van der Waals surface area (Å²) in [4.78, 5) is 0. The molecule has 0 saturated carbocycles. The molecular formula is C15H13BrO3. The van der Waals surface area contributed by atoms with Gasteiger partial charge in [0.05, 0.1) is 0 Å². The van der Waals surface area contributed by atoms with Gasteiger partial charge in [-0.3, -0.25) is 0 Å². The van der Waals surface area contributed by atoms with Gasteiger partial charge in [-0.05, 0) is 29.8 Å². The van der Waals surface area contributed by atoms with E-state index in [1.807, 2.05) is 42.5 Å². The summed E-state index contributed by atoms with van der Waals surface area (Å²) in [5, 5.41) is 0. The second-order valence-electron chi connectivity index (χ2n) is 4.22. The molecular weight excluding hydrogens is 308 g/mol. The van der Waals surface area contributed by atoms with Crippen LogP contribution in [-0.4, -0.2) is 13.2 Å².